The predicted octanol–water partition coefficient (Wildman–Crippen LogP) is 3.83. The number of carbonyl (C=O) groups is 2. The molecular weight excluding hydrogens is 336 g/mol. The summed E-state index contributed by atoms with van der Waals surface area (Å²) in [4.78, 5) is 25.7. The standard InChI is InChI=1S/C19H20N2O3S/c1-13-9-11-14(12-10-13)25(24,19(2,3)4)20-21-17(22)15-7-5-6-8-16(15)18(21)23/h5-12H,1-4H3. The third-order valence-corrected chi connectivity index (χ3v) is 7.10. The molecule has 1 atom stereocenters. The van der Waals surface area contributed by atoms with Crippen LogP contribution in [0, 0.1) is 6.92 Å². The van der Waals surface area contributed by atoms with Crippen molar-refractivity contribution in [3.05, 3.63) is 65.2 Å². The Hall–Kier alpha value is -2.47. The van der Waals surface area contributed by atoms with E-state index in [1.165, 1.54) is 0 Å². The second kappa shape index (κ2) is 5.81. The molecule has 0 radical (unpaired) electrons. The van der Waals surface area contributed by atoms with Crippen LogP contribution >= 0.6 is 0 Å². The Morgan fingerprint density at radius 1 is 0.880 bits per heavy atom. The fourth-order valence-corrected chi connectivity index (χ4v) is 4.54. The zero-order valence-electron chi connectivity index (χ0n) is 14.6. The van der Waals surface area contributed by atoms with Crippen LogP contribution in [0.2, 0.25) is 0 Å². The highest BCUT2D eigenvalue weighted by Gasteiger charge is 2.39. The number of hydrogen-bond donors (Lipinski definition) is 0. The molecule has 2 aromatic carbocycles. The highest BCUT2D eigenvalue weighted by Crippen LogP contribution is 2.31. The van der Waals surface area contributed by atoms with Crippen LogP contribution in [0.3, 0.4) is 0 Å². The van der Waals surface area contributed by atoms with E-state index in [1.54, 1.807) is 57.2 Å². The molecular formula is C19H20N2O3S. The lowest BCUT2D eigenvalue weighted by molar-refractivity contribution is 0.0661. The number of hydrogen-bond acceptors (Lipinski definition) is 4. The van der Waals surface area contributed by atoms with E-state index in [9.17, 15) is 13.8 Å². The highest BCUT2D eigenvalue weighted by atomic mass is 32.2. The van der Waals surface area contributed by atoms with Crippen LogP contribution < -0.4 is 0 Å². The summed E-state index contributed by atoms with van der Waals surface area (Å²) in [5.41, 5.74) is 1.60. The average molecular weight is 356 g/mol. The van der Waals surface area contributed by atoms with Gasteiger partial charge in [0.15, 0.2) is 0 Å². The third-order valence-electron chi connectivity index (χ3n) is 4.14. The van der Waals surface area contributed by atoms with E-state index in [2.05, 4.69) is 4.47 Å². The molecule has 0 spiro atoms. The molecule has 0 fully saturated rings. The molecule has 25 heavy (non-hydrogen) atoms. The first-order valence-electron chi connectivity index (χ1n) is 7.96. The maximum Gasteiger partial charge on any atom is 0.282 e. The lowest BCUT2D eigenvalue weighted by atomic mass is 10.1. The van der Waals surface area contributed by atoms with Gasteiger partial charge in [-0.2, -0.15) is 0 Å². The normalized spacial score (nSPS) is 16.6. The summed E-state index contributed by atoms with van der Waals surface area (Å²) < 4.78 is 17.3. The van der Waals surface area contributed by atoms with Gasteiger partial charge in [-0.05, 0) is 52.0 Å². The summed E-state index contributed by atoms with van der Waals surface area (Å²) >= 11 is 0. The van der Waals surface area contributed by atoms with E-state index in [1.807, 2.05) is 19.1 Å². The Morgan fingerprint density at radius 2 is 1.36 bits per heavy atom. The van der Waals surface area contributed by atoms with E-state index in [0.717, 1.165) is 10.6 Å². The van der Waals surface area contributed by atoms with Crippen LogP contribution in [-0.4, -0.2) is 25.8 Å². The number of aryl methyl sites for hydroxylation is 1. The number of carbonyl (C=O) groups excluding carboxylic acids is 2. The molecule has 0 saturated heterocycles. The van der Waals surface area contributed by atoms with Gasteiger partial charge < -0.3 is 0 Å². The van der Waals surface area contributed by atoms with E-state index < -0.39 is 26.3 Å². The predicted molar refractivity (Wildman–Crippen MR) is 96.7 cm³/mol. The summed E-state index contributed by atoms with van der Waals surface area (Å²) in [7, 11) is -3.06. The third kappa shape index (κ3) is 2.76. The summed E-state index contributed by atoms with van der Waals surface area (Å²) in [6.45, 7) is 7.30. The number of rotatable bonds is 2. The van der Waals surface area contributed by atoms with Crippen molar-refractivity contribution in [3.63, 3.8) is 0 Å². The molecule has 0 bridgehead atoms. The van der Waals surface area contributed by atoms with Crippen molar-refractivity contribution in [1.29, 1.82) is 0 Å². The minimum atomic E-state index is -3.06. The van der Waals surface area contributed by atoms with Gasteiger partial charge in [-0.15, -0.1) is 9.48 Å². The molecule has 2 aromatic rings. The van der Waals surface area contributed by atoms with Gasteiger partial charge in [-0.1, -0.05) is 29.8 Å². The van der Waals surface area contributed by atoms with Crippen molar-refractivity contribution in [2.24, 2.45) is 4.47 Å². The molecule has 1 heterocycles. The van der Waals surface area contributed by atoms with Crippen molar-refractivity contribution in [2.75, 3.05) is 0 Å². The van der Waals surface area contributed by atoms with Crippen molar-refractivity contribution in [1.82, 2.24) is 5.01 Å². The summed E-state index contributed by atoms with van der Waals surface area (Å²) in [6.07, 6.45) is 0. The van der Waals surface area contributed by atoms with Gasteiger partial charge in [0, 0.05) is 4.90 Å². The first-order chi connectivity index (χ1) is 11.6. The molecule has 0 saturated carbocycles. The fourth-order valence-electron chi connectivity index (χ4n) is 2.61. The first-order valence-corrected chi connectivity index (χ1v) is 9.48. The second-order valence-corrected chi connectivity index (χ2v) is 9.91. The number of imide groups is 1. The minimum absolute atomic E-state index is 0.288. The first kappa shape index (κ1) is 17.4. The van der Waals surface area contributed by atoms with E-state index >= 15 is 0 Å². The van der Waals surface area contributed by atoms with Crippen molar-refractivity contribution < 1.29 is 13.8 Å². The second-order valence-electron chi connectivity index (χ2n) is 7.00. The topological polar surface area (TPSA) is 66.8 Å². The maximum absolute atomic E-state index is 13.8. The number of nitrogens with zero attached hydrogens (tertiary/aromatic N) is 2. The molecule has 0 aliphatic carbocycles. The SMILES string of the molecule is Cc1ccc(S(=O)(=NN2C(=O)c3ccccc3C2=O)C(C)(C)C)cc1. The summed E-state index contributed by atoms with van der Waals surface area (Å²) in [6, 6.07) is 13.7. The van der Waals surface area contributed by atoms with Gasteiger partial charge in [-0.3, -0.25) is 9.59 Å². The molecule has 130 valence electrons. The van der Waals surface area contributed by atoms with Gasteiger partial charge in [0.2, 0.25) is 0 Å². The van der Waals surface area contributed by atoms with Crippen LogP contribution in [-0.2, 0) is 9.73 Å². The van der Waals surface area contributed by atoms with E-state index in [0.29, 0.717) is 4.90 Å². The molecule has 0 aromatic heterocycles. The minimum Gasteiger partial charge on any atom is -0.267 e. The lowest BCUT2D eigenvalue weighted by Gasteiger charge is -2.25. The van der Waals surface area contributed by atoms with Gasteiger partial charge in [0.05, 0.1) is 15.9 Å². The molecule has 3 rings (SSSR count). The van der Waals surface area contributed by atoms with Crippen LogP contribution in [0.1, 0.15) is 47.1 Å². The lowest BCUT2D eigenvalue weighted by Crippen LogP contribution is -2.33. The Morgan fingerprint density at radius 3 is 1.80 bits per heavy atom. The summed E-state index contributed by atoms with van der Waals surface area (Å²) in [5.74, 6) is -1.07. The molecule has 1 aliphatic rings. The van der Waals surface area contributed by atoms with Gasteiger partial charge in [-0.25, -0.2) is 4.21 Å². The Labute approximate surface area is 147 Å². The number of benzene rings is 2. The van der Waals surface area contributed by atoms with Crippen molar-refractivity contribution in [2.45, 2.75) is 37.3 Å². The number of amides is 2. The molecule has 0 N–H and O–H groups in total. The number of fused-ring (bicyclic) bond motifs is 1. The molecule has 6 heteroatoms. The van der Waals surface area contributed by atoms with Crippen LogP contribution in [0.4, 0.5) is 0 Å². The molecule has 1 unspecified atom stereocenters. The summed E-state index contributed by atoms with van der Waals surface area (Å²) in [5, 5.41) is 0.762. The quantitative estimate of drug-likeness (QED) is 0.768. The molecule has 2 amide bonds. The van der Waals surface area contributed by atoms with Crippen LogP contribution in [0.15, 0.2) is 57.9 Å². The van der Waals surface area contributed by atoms with E-state index in [-0.39, 0.29) is 11.1 Å². The Bertz CT molecular complexity index is 943. The zero-order chi connectivity index (χ0) is 18.4. The van der Waals surface area contributed by atoms with E-state index in [4.69, 9.17) is 0 Å². The molecule has 5 nitrogen and oxygen atoms in total. The highest BCUT2D eigenvalue weighted by molar-refractivity contribution is 7.95. The Balaban J connectivity index is 2.19. The Kier molecular flexibility index (Phi) is 4.03. The maximum atomic E-state index is 13.8. The van der Waals surface area contributed by atoms with Gasteiger partial charge in [0.1, 0.15) is 9.73 Å². The van der Waals surface area contributed by atoms with Crippen molar-refractivity contribution in [3.8, 4) is 0 Å². The fraction of sp³-hybridized carbons (Fsp3) is 0.263. The smallest absolute Gasteiger partial charge is 0.267 e. The van der Waals surface area contributed by atoms with Gasteiger partial charge in [0.25, 0.3) is 11.8 Å². The zero-order valence-corrected chi connectivity index (χ0v) is 15.5. The largest absolute Gasteiger partial charge is 0.282 e. The van der Waals surface area contributed by atoms with Gasteiger partial charge >= 0.3 is 0 Å². The molecule has 1 aliphatic heterocycles. The van der Waals surface area contributed by atoms with Crippen molar-refractivity contribution >= 4 is 21.5 Å². The monoisotopic (exact) mass is 356 g/mol. The van der Waals surface area contributed by atoms with Crippen LogP contribution in [0.25, 0.3) is 0 Å². The average Bonchev–Trinajstić information content (AvgIpc) is 2.80. The van der Waals surface area contributed by atoms with Crippen LogP contribution in [0.5, 0.6) is 0 Å².